The third-order valence-electron chi connectivity index (χ3n) is 3.99. The third-order valence-corrected chi connectivity index (χ3v) is 3.99. The molecule has 2 aromatic rings. The summed E-state index contributed by atoms with van der Waals surface area (Å²) >= 11 is 0. The van der Waals surface area contributed by atoms with E-state index >= 15 is 0 Å². The monoisotopic (exact) mass is 382 g/mol. The maximum Gasteiger partial charge on any atom is 0.573 e. The zero-order valence-electron chi connectivity index (χ0n) is 13.8. The van der Waals surface area contributed by atoms with Gasteiger partial charge >= 0.3 is 6.36 Å². The Bertz CT molecular complexity index is 835. The minimum atomic E-state index is -4.83. The van der Waals surface area contributed by atoms with Gasteiger partial charge in [-0.15, -0.1) is 13.2 Å². The molecule has 2 amide bonds. The summed E-state index contributed by atoms with van der Waals surface area (Å²) in [4.78, 5) is 26.4. The molecule has 1 aliphatic rings. The summed E-state index contributed by atoms with van der Waals surface area (Å²) in [5, 5.41) is 2.62. The largest absolute Gasteiger partial charge is 0.573 e. The van der Waals surface area contributed by atoms with E-state index in [9.17, 15) is 27.2 Å². The van der Waals surface area contributed by atoms with Crippen LogP contribution in [0.15, 0.2) is 48.5 Å². The highest BCUT2D eigenvalue weighted by atomic mass is 19.4. The number of benzene rings is 2. The van der Waals surface area contributed by atoms with Crippen molar-refractivity contribution in [3.63, 3.8) is 0 Å². The lowest BCUT2D eigenvalue weighted by molar-refractivity contribution is -0.274. The van der Waals surface area contributed by atoms with Crippen LogP contribution < -0.4 is 10.1 Å². The molecule has 0 spiro atoms. The number of carbonyl (C=O) groups is 2. The molecule has 2 aromatic carbocycles. The Morgan fingerprint density at radius 2 is 1.70 bits per heavy atom. The number of rotatable bonds is 3. The maximum atomic E-state index is 13.1. The second-order valence-corrected chi connectivity index (χ2v) is 5.82. The van der Waals surface area contributed by atoms with E-state index in [0.29, 0.717) is 5.56 Å². The minimum Gasteiger partial charge on any atom is -0.406 e. The van der Waals surface area contributed by atoms with E-state index in [1.165, 1.54) is 29.2 Å². The Balaban J connectivity index is 1.87. The van der Waals surface area contributed by atoms with Gasteiger partial charge in [0, 0.05) is 18.7 Å². The average molecular weight is 382 g/mol. The first-order chi connectivity index (χ1) is 12.7. The number of nitrogens with one attached hydrogen (secondary N) is 1. The summed E-state index contributed by atoms with van der Waals surface area (Å²) < 4.78 is 53.7. The summed E-state index contributed by atoms with van der Waals surface area (Å²) in [6.07, 6.45) is -4.83. The predicted octanol–water partition coefficient (Wildman–Crippen LogP) is 3.04. The van der Waals surface area contributed by atoms with Crippen LogP contribution in [0.5, 0.6) is 5.75 Å². The molecule has 1 atom stereocenters. The van der Waals surface area contributed by atoms with Crippen LogP contribution in [-0.2, 0) is 4.79 Å². The van der Waals surface area contributed by atoms with Gasteiger partial charge in [0.2, 0.25) is 5.91 Å². The van der Waals surface area contributed by atoms with Crippen LogP contribution in [0.3, 0.4) is 0 Å². The Kier molecular flexibility index (Phi) is 5.02. The van der Waals surface area contributed by atoms with E-state index in [0.717, 1.165) is 24.3 Å². The molecule has 1 fully saturated rings. The number of carbonyl (C=O) groups excluding carboxylic acids is 2. The number of amides is 2. The van der Waals surface area contributed by atoms with Crippen molar-refractivity contribution in [1.82, 2.24) is 10.2 Å². The van der Waals surface area contributed by atoms with Crippen molar-refractivity contribution in [2.45, 2.75) is 12.4 Å². The zero-order valence-corrected chi connectivity index (χ0v) is 13.8. The first kappa shape index (κ1) is 18.7. The fourth-order valence-electron chi connectivity index (χ4n) is 2.83. The fourth-order valence-corrected chi connectivity index (χ4v) is 2.83. The van der Waals surface area contributed by atoms with Crippen molar-refractivity contribution in [1.29, 1.82) is 0 Å². The number of hydrogen-bond donors (Lipinski definition) is 1. The molecule has 0 saturated carbocycles. The molecule has 0 aromatic heterocycles. The van der Waals surface area contributed by atoms with Crippen LogP contribution >= 0.6 is 0 Å². The van der Waals surface area contributed by atoms with Crippen molar-refractivity contribution in [2.24, 2.45) is 0 Å². The van der Waals surface area contributed by atoms with Crippen molar-refractivity contribution in [3.8, 4) is 5.75 Å². The molecular weight excluding hydrogens is 368 g/mol. The topological polar surface area (TPSA) is 58.6 Å². The summed E-state index contributed by atoms with van der Waals surface area (Å²) in [5.74, 6) is -1.87. The molecule has 1 heterocycles. The first-order valence-electron chi connectivity index (χ1n) is 7.94. The van der Waals surface area contributed by atoms with Gasteiger partial charge < -0.3 is 15.0 Å². The van der Waals surface area contributed by atoms with Crippen molar-refractivity contribution in [2.75, 3.05) is 13.1 Å². The van der Waals surface area contributed by atoms with Gasteiger partial charge in [-0.2, -0.15) is 0 Å². The molecule has 1 aliphatic heterocycles. The number of piperazine rings is 1. The number of alkyl halides is 3. The molecule has 9 heteroatoms. The fraction of sp³-hybridized carbons (Fsp3) is 0.222. The van der Waals surface area contributed by atoms with Crippen LogP contribution in [0.2, 0.25) is 0 Å². The highest BCUT2D eigenvalue weighted by Gasteiger charge is 2.35. The molecule has 0 aliphatic carbocycles. The number of halogens is 4. The maximum absolute atomic E-state index is 13.1. The predicted molar refractivity (Wildman–Crippen MR) is 86.3 cm³/mol. The smallest absolute Gasteiger partial charge is 0.406 e. The third kappa shape index (κ3) is 4.36. The van der Waals surface area contributed by atoms with E-state index in [4.69, 9.17) is 0 Å². The van der Waals surface area contributed by atoms with Crippen LogP contribution in [0.4, 0.5) is 17.6 Å². The van der Waals surface area contributed by atoms with E-state index in [1.54, 1.807) is 0 Å². The van der Waals surface area contributed by atoms with E-state index < -0.39 is 35.8 Å². The quantitative estimate of drug-likeness (QED) is 0.831. The second kappa shape index (κ2) is 7.26. The van der Waals surface area contributed by atoms with Crippen molar-refractivity contribution < 1.29 is 31.9 Å². The zero-order chi connectivity index (χ0) is 19.6. The Labute approximate surface area is 151 Å². The molecule has 0 bridgehead atoms. The molecule has 1 saturated heterocycles. The van der Waals surface area contributed by atoms with Gasteiger partial charge in [0.25, 0.3) is 5.91 Å². The van der Waals surface area contributed by atoms with Gasteiger partial charge in [-0.25, -0.2) is 4.39 Å². The van der Waals surface area contributed by atoms with Gasteiger partial charge in [-0.3, -0.25) is 9.59 Å². The van der Waals surface area contributed by atoms with Crippen molar-refractivity contribution in [3.05, 3.63) is 65.5 Å². The molecule has 0 unspecified atom stereocenters. The average Bonchev–Trinajstić information content (AvgIpc) is 2.61. The molecule has 27 heavy (non-hydrogen) atoms. The van der Waals surface area contributed by atoms with Crippen LogP contribution in [0.1, 0.15) is 22.0 Å². The van der Waals surface area contributed by atoms with E-state index in [1.807, 2.05) is 0 Å². The lowest BCUT2D eigenvalue weighted by Gasteiger charge is -2.35. The van der Waals surface area contributed by atoms with Gasteiger partial charge in [0.15, 0.2) is 0 Å². The summed E-state index contributed by atoms with van der Waals surface area (Å²) in [7, 11) is 0. The Morgan fingerprint density at radius 1 is 1.07 bits per heavy atom. The first-order valence-corrected chi connectivity index (χ1v) is 7.94. The van der Waals surface area contributed by atoms with Crippen LogP contribution in [-0.4, -0.2) is 36.2 Å². The number of hydrogen-bond acceptors (Lipinski definition) is 3. The summed E-state index contributed by atoms with van der Waals surface area (Å²) in [6, 6.07) is 8.60. The SMILES string of the molecule is O=C1NCCN(C(=O)c2ccc(F)cc2)[C@@H]1c1ccc(OC(F)(F)F)cc1. The summed E-state index contributed by atoms with van der Waals surface area (Å²) in [6.45, 7) is 0.435. The van der Waals surface area contributed by atoms with Gasteiger partial charge in [0.05, 0.1) is 0 Å². The Morgan fingerprint density at radius 3 is 2.30 bits per heavy atom. The van der Waals surface area contributed by atoms with E-state index in [2.05, 4.69) is 10.1 Å². The second-order valence-electron chi connectivity index (χ2n) is 5.82. The lowest BCUT2D eigenvalue weighted by Crippen LogP contribution is -2.52. The standard InChI is InChI=1S/C18H14F4N2O3/c19-13-5-1-12(2-6-13)17(26)24-10-9-23-16(25)15(24)11-3-7-14(8-4-11)27-18(20,21)22/h1-8,15H,9-10H2,(H,23,25)/t15-/m1/s1. The van der Waals surface area contributed by atoms with Gasteiger partial charge in [0.1, 0.15) is 17.6 Å². The van der Waals surface area contributed by atoms with Crippen LogP contribution in [0, 0.1) is 5.82 Å². The number of nitrogens with zero attached hydrogens (tertiary/aromatic N) is 1. The van der Waals surface area contributed by atoms with E-state index in [-0.39, 0.29) is 18.7 Å². The summed E-state index contributed by atoms with van der Waals surface area (Å²) in [5.41, 5.74) is 0.533. The van der Waals surface area contributed by atoms with Gasteiger partial charge in [-0.05, 0) is 42.0 Å². The lowest BCUT2D eigenvalue weighted by atomic mass is 10.0. The molecule has 0 radical (unpaired) electrons. The normalized spacial score (nSPS) is 17.4. The molecule has 5 nitrogen and oxygen atoms in total. The van der Waals surface area contributed by atoms with Gasteiger partial charge in [-0.1, -0.05) is 12.1 Å². The molecule has 1 N–H and O–H groups in total. The van der Waals surface area contributed by atoms with Crippen LogP contribution in [0.25, 0.3) is 0 Å². The Hall–Kier alpha value is -3.10. The number of ether oxygens (including phenoxy) is 1. The highest BCUT2D eigenvalue weighted by molar-refractivity contribution is 5.98. The molecular formula is C18H14F4N2O3. The molecule has 3 rings (SSSR count). The van der Waals surface area contributed by atoms with Crippen molar-refractivity contribution >= 4 is 11.8 Å². The highest BCUT2D eigenvalue weighted by Crippen LogP contribution is 2.29. The minimum absolute atomic E-state index is 0.202. The molecule has 142 valence electrons.